The van der Waals surface area contributed by atoms with Gasteiger partial charge < -0.3 is 26.9 Å². The Bertz CT molecular complexity index is 1250. The Balaban J connectivity index is 1.19. The number of nitrogen functional groups attached to an aromatic ring is 2. The number of carbonyl (C=O) groups excluding carboxylic acids is 1. The van der Waals surface area contributed by atoms with Gasteiger partial charge in [-0.25, -0.2) is 15.0 Å². The summed E-state index contributed by atoms with van der Waals surface area (Å²) in [5.74, 6) is -0.396. The molecular formula is C20H23ClN10O2. The second-order valence-electron chi connectivity index (χ2n) is 8.25. The van der Waals surface area contributed by atoms with Crippen LogP contribution in [-0.2, 0) is 0 Å². The first-order chi connectivity index (χ1) is 15.8. The fourth-order valence-electron chi connectivity index (χ4n) is 4.20. The van der Waals surface area contributed by atoms with Gasteiger partial charge in [-0.05, 0) is 25.0 Å². The van der Waals surface area contributed by atoms with Gasteiger partial charge >= 0.3 is 0 Å². The molecule has 172 valence electrons. The molecule has 5 rings (SSSR count). The number of nitrogens with one attached hydrogen (secondary N) is 3. The standard InChI is InChI=1S/C20H23ClN10O2/c21-13-15(23)28-14(22)12(27-13)17(32)29-19-26-9-20(30-19)2-5-31(6-3-20)18(33)11-7-10-1-4-24-16(10)25-8-11/h1,4,7-8,18,33H,2-3,5-6,9H2,(H,24,25)(H4,22,23,28)(H2,26,29,30,32). The number of pyridine rings is 1. The molecule has 33 heavy (non-hydrogen) atoms. The number of nitrogens with zero attached hydrogens (tertiary/aromatic N) is 5. The van der Waals surface area contributed by atoms with Crippen molar-refractivity contribution in [2.75, 3.05) is 31.1 Å². The van der Waals surface area contributed by atoms with Gasteiger partial charge in [0.15, 0.2) is 28.4 Å². The van der Waals surface area contributed by atoms with Crippen molar-refractivity contribution in [3.8, 4) is 0 Å². The number of H-pyrrole nitrogens is 1. The van der Waals surface area contributed by atoms with Crippen molar-refractivity contribution in [1.29, 1.82) is 0 Å². The van der Waals surface area contributed by atoms with Gasteiger partial charge in [-0.3, -0.25) is 20.0 Å². The number of amides is 1. The minimum absolute atomic E-state index is 0.0428. The van der Waals surface area contributed by atoms with Gasteiger partial charge in [0.25, 0.3) is 5.91 Å². The van der Waals surface area contributed by atoms with Gasteiger partial charge in [0.1, 0.15) is 11.9 Å². The molecule has 1 spiro atoms. The van der Waals surface area contributed by atoms with E-state index in [1.165, 1.54) is 0 Å². The zero-order valence-electron chi connectivity index (χ0n) is 17.5. The molecule has 1 atom stereocenters. The molecule has 3 aromatic rings. The third kappa shape index (κ3) is 4.03. The molecule has 5 heterocycles. The summed E-state index contributed by atoms with van der Waals surface area (Å²) in [6.07, 6.45) is 4.25. The predicted molar refractivity (Wildman–Crippen MR) is 123 cm³/mol. The number of rotatable bonds is 3. The second-order valence-corrected chi connectivity index (χ2v) is 8.61. The third-order valence-electron chi connectivity index (χ3n) is 6.10. The summed E-state index contributed by atoms with van der Waals surface area (Å²) in [4.78, 5) is 34.1. The summed E-state index contributed by atoms with van der Waals surface area (Å²) < 4.78 is 0. The number of aromatic nitrogens is 4. The molecule has 1 unspecified atom stereocenters. The molecule has 0 radical (unpaired) electrons. The van der Waals surface area contributed by atoms with Crippen LogP contribution >= 0.6 is 11.6 Å². The van der Waals surface area contributed by atoms with Crippen molar-refractivity contribution in [2.45, 2.75) is 24.6 Å². The van der Waals surface area contributed by atoms with E-state index >= 15 is 0 Å². The average Bonchev–Trinajstić information content (AvgIpc) is 3.43. The quantitative estimate of drug-likeness (QED) is 0.315. The number of aliphatic hydroxyl groups excluding tert-OH is 1. The molecule has 1 saturated heterocycles. The van der Waals surface area contributed by atoms with Crippen LogP contribution in [0.25, 0.3) is 11.0 Å². The number of aliphatic hydroxyl groups is 1. The Hall–Kier alpha value is -3.48. The first-order valence-electron chi connectivity index (χ1n) is 10.4. The average molecular weight is 471 g/mol. The van der Waals surface area contributed by atoms with Crippen molar-refractivity contribution in [1.82, 2.24) is 35.5 Å². The van der Waals surface area contributed by atoms with Crippen LogP contribution in [0.1, 0.15) is 35.1 Å². The summed E-state index contributed by atoms with van der Waals surface area (Å²) in [6.45, 7) is 1.82. The summed E-state index contributed by atoms with van der Waals surface area (Å²) in [7, 11) is 0. The van der Waals surface area contributed by atoms with E-state index in [1.54, 1.807) is 6.20 Å². The van der Waals surface area contributed by atoms with Crippen LogP contribution in [0.4, 0.5) is 11.6 Å². The number of aromatic amines is 1. The van der Waals surface area contributed by atoms with Gasteiger partial charge in [-0.2, -0.15) is 0 Å². The smallest absolute Gasteiger partial charge is 0.280 e. The second kappa shape index (κ2) is 8.14. The molecule has 0 aliphatic carbocycles. The molecule has 0 saturated carbocycles. The van der Waals surface area contributed by atoms with Gasteiger partial charge in [0.05, 0.1) is 12.1 Å². The highest BCUT2D eigenvalue weighted by molar-refractivity contribution is 6.31. The molecule has 13 heteroatoms. The summed E-state index contributed by atoms with van der Waals surface area (Å²) in [5, 5.41) is 17.7. The first kappa shape index (κ1) is 21.4. The van der Waals surface area contributed by atoms with Crippen molar-refractivity contribution in [3.05, 3.63) is 40.9 Å². The highest BCUT2D eigenvalue weighted by Gasteiger charge is 2.40. The van der Waals surface area contributed by atoms with E-state index in [9.17, 15) is 9.90 Å². The molecule has 1 fully saturated rings. The molecule has 12 nitrogen and oxygen atoms in total. The van der Waals surface area contributed by atoms with E-state index in [1.807, 2.05) is 23.2 Å². The van der Waals surface area contributed by atoms with E-state index in [4.69, 9.17) is 23.1 Å². The normalized spacial score (nSPS) is 18.8. The predicted octanol–water partition coefficient (Wildman–Crippen LogP) is 0.385. The van der Waals surface area contributed by atoms with Gasteiger partial charge in [-0.15, -0.1) is 0 Å². The largest absolute Gasteiger partial charge is 0.382 e. The van der Waals surface area contributed by atoms with Crippen LogP contribution in [-0.4, -0.2) is 67.0 Å². The molecule has 1 amide bonds. The number of aliphatic imine (C=N–C) groups is 1. The van der Waals surface area contributed by atoms with Gasteiger partial charge in [-0.1, -0.05) is 11.6 Å². The molecule has 8 N–H and O–H groups in total. The van der Waals surface area contributed by atoms with Crippen LogP contribution in [0.3, 0.4) is 0 Å². The fourth-order valence-corrected chi connectivity index (χ4v) is 4.32. The maximum absolute atomic E-state index is 12.6. The minimum Gasteiger partial charge on any atom is -0.382 e. The van der Waals surface area contributed by atoms with Crippen molar-refractivity contribution in [3.63, 3.8) is 0 Å². The lowest BCUT2D eigenvalue weighted by atomic mass is 9.88. The lowest BCUT2D eigenvalue weighted by molar-refractivity contribution is -0.0233. The maximum atomic E-state index is 12.6. The number of anilines is 2. The summed E-state index contributed by atoms with van der Waals surface area (Å²) in [6, 6.07) is 3.87. The molecule has 3 aromatic heterocycles. The van der Waals surface area contributed by atoms with E-state index in [0.29, 0.717) is 25.6 Å². The lowest BCUT2D eigenvalue weighted by Gasteiger charge is -2.41. The van der Waals surface area contributed by atoms with Crippen molar-refractivity contribution >= 4 is 46.1 Å². The van der Waals surface area contributed by atoms with Crippen molar-refractivity contribution < 1.29 is 9.90 Å². The summed E-state index contributed by atoms with van der Waals surface area (Å²) >= 11 is 5.86. The number of hydrogen-bond acceptors (Lipinski definition) is 10. The number of carbonyl (C=O) groups is 1. The number of likely N-dealkylation sites (tertiary alicyclic amines) is 1. The Morgan fingerprint density at radius 2 is 2.06 bits per heavy atom. The SMILES string of the molecule is Nc1nc(N)c(C(=O)NC2=NCC3(CCN(C(O)c4cnc5[nH]ccc5c4)CC3)N2)nc1Cl. The highest BCUT2D eigenvalue weighted by atomic mass is 35.5. The number of nitrogens with two attached hydrogens (primary N) is 2. The maximum Gasteiger partial charge on any atom is 0.280 e. The highest BCUT2D eigenvalue weighted by Crippen LogP contribution is 2.30. The molecule has 0 aromatic carbocycles. The number of halogens is 1. The molecular weight excluding hydrogens is 448 g/mol. The lowest BCUT2D eigenvalue weighted by Crippen LogP contribution is -2.56. The molecule has 0 bridgehead atoms. The summed E-state index contributed by atoms with van der Waals surface area (Å²) in [5.41, 5.74) is 12.4. The van der Waals surface area contributed by atoms with E-state index in [0.717, 1.165) is 29.4 Å². The Labute approximate surface area is 193 Å². The zero-order chi connectivity index (χ0) is 23.2. The van der Waals surface area contributed by atoms with Crippen LogP contribution in [0.15, 0.2) is 29.5 Å². The van der Waals surface area contributed by atoms with Crippen LogP contribution in [0, 0.1) is 0 Å². The zero-order valence-corrected chi connectivity index (χ0v) is 18.3. The number of guanidine groups is 1. The van der Waals surface area contributed by atoms with Crippen LogP contribution in [0.5, 0.6) is 0 Å². The Kier molecular flexibility index (Phi) is 5.27. The first-order valence-corrected chi connectivity index (χ1v) is 10.8. The fraction of sp³-hybridized carbons (Fsp3) is 0.350. The Morgan fingerprint density at radius 3 is 2.85 bits per heavy atom. The van der Waals surface area contributed by atoms with Crippen LogP contribution < -0.4 is 22.1 Å². The van der Waals surface area contributed by atoms with E-state index in [2.05, 4.69) is 35.6 Å². The minimum atomic E-state index is -0.743. The van der Waals surface area contributed by atoms with Gasteiger partial charge in [0.2, 0.25) is 0 Å². The van der Waals surface area contributed by atoms with Crippen LogP contribution in [0.2, 0.25) is 5.15 Å². The van der Waals surface area contributed by atoms with Crippen molar-refractivity contribution in [2.24, 2.45) is 4.99 Å². The topological polar surface area (TPSA) is 183 Å². The monoisotopic (exact) mass is 470 g/mol. The number of hydrogen-bond donors (Lipinski definition) is 6. The third-order valence-corrected chi connectivity index (χ3v) is 6.37. The van der Waals surface area contributed by atoms with Gasteiger partial charge in [0, 0.05) is 36.4 Å². The molecule has 2 aliphatic heterocycles. The number of piperidine rings is 1. The number of fused-ring (bicyclic) bond motifs is 1. The molecule has 2 aliphatic rings. The Morgan fingerprint density at radius 1 is 1.27 bits per heavy atom. The van der Waals surface area contributed by atoms with E-state index in [-0.39, 0.29) is 28.0 Å². The van der Waals surface area contributed by atoms with E-state index < -0.39 is 12.1 Å².